The standard InChI is InChI=1S/C17H25NO3/c1-19-15-7-2-6-14(17(12-18)8-4-9-17)16(15)21-13-5-3-10-20-11-13/h2,6-7,13H,3-5,8-12,18H2,1H3. The normalized spacial score (nSPS) is 24.2. The highest BCUT2D eigenvalue weighted by Crippen LogP contribution is 2.49. The minimum atomic E-state index is 0.0688. The predicted octanol–water partition coefficient (Wildman–Crippen LogP) is 2.63. The summed E-state index contributed by atoms with van der Waals surface area (Å²) in [4.78, 5) is 0. The number of hydrogen-bond donors (Lipinski definition) is 1. The van der Waals surface area contributed by atoms with Crippen molar-refractivity contribution in [2.45, 2.75) is 43.6 Å². The van der Waals surface area contributed by atoms with Gasteiger partial charge in [-0.15, -0.1) is 0 Å². The lowest BCUT2D eigenvalue weighted by Crippen LogP contribution is -2.42. The van der Waals surface area contributed by atoms with Gasteiger partial charge in [0.1, 0.15) is 6.10 Å². The summed E-state index contributed by atoms with van der Waals surface area (Å²) in [5.41, 5.74) is 7.35. The molecule has 2 N–H and O–H groups in total. The van der Waals surface area contributed by atoms with Gasteiger partial charge in [-0.25, -0.2) is 0 Å². The van der Waals surface area contributed by atoms with E-state index in [2.05, 4.69) is 6.07 Å². The van der Waals surface area contributed by atoms with Gasteiger partial charge < -0.3 is 19.9 Å². The SMILES string of the molecule is COc1cccc(C2(CN)CCC2)c1OC1CCCOC1. The number of rotatable bonds is 5. The highest BCUT2D eigenvalue weighted by molar-refractivity contribution is 5.51. The molecule has 1 heterocycles. The average molecular weight is 291 g/mol. The molecule has 1 saturated heterocycles. The summed E-state index contributed by atoms with van der Waals surface area (Å²) in [5.74, 6) is 1.68. The lowest BCUT2D eigenvalue weighted by molar-refractivity contribution is 0.00509. The smallest absolute Gasteiger partial charge is 0.165 e. The van der Waals surface area contributed by atoms with Gasteiger partial charge in [0.25, 0.3) is 0 Å². The number of nitrogens with two attached hydrogens (primary N) is 1. The van der Waals surface area contributed by atoms with Gasteiger partial charge in [0.2, 0.25) is 0 Å². The fraction of sp³-hybridized carbons (Fsp3) is 0.647. The molecule has 4 nitrogen and oxygen atoms in total. The molecule has 0 radical (unpaired) electrons. The lowest BCUT2D eigenvalue weighted by atomic mass is 9.64. The second-order valence-electron chi connectivity index (χ2n) is 6.13. The first-order valence-electron chi connectivity index (χ1n) is 7.91. The van der Waals surface area contributed by atoms with Crippen LogP contribution in [0.1, 0.15) is 37.7 Å². The summed E-state index contributed by atoms with van der Waals surface area (Å²) in [6, 6.07) is 6.15. The van der Waals surface area contributed by atoms with E-state index >= 15 is 0 Å². The maximum atomic E-state index is 6.29. The van der Waals surface area contributed by atoms with Crippen LogP contribution in [0.5, 0.6) is 11.5 Å². The molecule has 2 fully saturated rings. The van der Waals surface area contributed by atoms with Gasteiger partial charge in [0, 0.05) is 24.1 Å². The maximum Gasteiger partial charge on any atom is 0.165 e. The van der Waals surface area contributed by atoms with Crippen LogP contribution >= 0.6 is 0 Å². The van der Waals surface area contributed by atoms with E-state index in [0.29, 0.717) is 13.2 Å². The molecule has 116 valence electrons. The van der Waals surface area contributed by atoms with E-state index < -0.39 is 0 Å². The topological polar surface area (TPSA) is 53.7 Å². The van der Waals surface area contributed by atoms with E-state index in [0.717, 1.165) is 43.8 Å². The minimum absolute atomic E-state index is 0.0688. The molecule has 1 atom stereocenters. The molecular formula is C17H25NO3. The number of benzene rings is 1. The largest absolute Gasteiger partial charge is 0.493 e. The Labute approximate surface area is 126 Å². The Balaban J connectivity index is 1.91. The van der Waals surface area contributed by atoms with Gasteiger partial charge in [-0.3, -0.25) is 0 Å². The molecule has 0 bridgehead atoms. The van der Waals surface area contributed by atoms with Gasteiger partial charge in [-0.1, -0.05) is 18.6 Å². The fourth-order valence-corrected chi connectivity index (χ4v) is 3.37. The molecular weight excluding hydrogens is 266 g/mol. The van der Waals surface area contributed by atoms with Crippen LogP contribution in [0.15, 0.2) is 18.2 Å². The van der Waals surface area contributed by atoms with E-state index in [1.165, 1.54) is 12.0 Å². The van der Waals surface area contributed by atoms with Crippen molar-refractivity contribution in [2.24, 2.45) is 5.73 Å². The van der Waals surface area contributed by atoms with Crippen molar-refractivity contribution in [1.82, 2.24) is 0 Å². The molecule has 1 saturated carbocycles. The van der Waals surface area contributed by atoms with Crippen LogP contribution in [0, 0.1) is 0 Å². The van der Waals surface area contributed by atoms with Crippen molar-refractivity contribution in [3.05, 3.63) is 23.8 Å². The molecule has 1 aromatic rings. The predicted molar refractivity (Wildman–Crippen MR) is 82.0 cm³/mol. The Bertz CT molecular complexity index is 473. The first-order chi connectivity index (χ1) is 10.3. The second kappa shape index (κ2) is 6.24. The van der Waals surface area contributed by atoms with Crippen molar-refractivity contribution >= 4 is 0 Å². The van der Waals surface area contributed by atoms with Crippen molar-refractivity contribution in [2.75, 3.05) is 26.9 Å². The molecule has 1 aliphatic carbocycles. The molecule has 0 amide bonds. The number of ether oxygens (including phenoxy) is 3. The first-order valence-corrected chi connectivity index (χ1v) is 7.91. The first kappa shape index (κ1) is 14.7. The third-order valence-corrected chi connectivity index (χ3v) is 4.87. The van der Waals surface area contributed by atoms with Crippen LogP contribution in [-0.4, -0.2) is 33.0 Å². The van der Waals surface area contributed by atoms with Gasteiger partial charge in [-0.2, -0.15) is 0 Å². The highest BCUT2D eigenvalue weighted by atomic mass is 16.5. The van der Waals surface area contributed by atoms with E-state index in [-0.39, 0.29) is 11.5 Å². The van der Waals surface area contributed by atoms with Crippen LogP contribution in [0.4, 0.5) is 0 Å². The van der Waals surface area contributed by atoms with Crippen LogP contribution in [0.3, 0.4) is 0 Å². The van der Waals surface area contributed by atoms with Gasteiger partial charge >= 0.3 is 0 Å². The van der Waals surface area contributed by atoms with Gasteiger partial charge in [0.15, 0.2) is 11.5 Å². The summed E-state index contributed by atoms with van der Waals surface area (Å²) < 4.78 is 17.3. The van der Waals surface area contributed by atoms with Gasteiger partial charge in [0.05, 0.1) is 13.7 Å². The summed E-state index contributed by atoms with van der Waals surface area (Å²) in [6.07, 6.45) is 5.70. The Morgan fingerprint density at radius 3 is 2.76 bits per heavy atom. The maximum absolute atomic E-state index is 6.29. The molecule has 2 aliphatic rings. The summed E-state index contributed by atoms with van der Waals surface area (Å²) in [7, 11) is 1.69. The lowest BCUT2D eigenvalue weighted by Gasteiger charge is -2.42. The molecule has 1 unspecified atom stereocenters. The molecule has 21 heavy (non-hydrogen) atoms. The summed E-state index contributed by atoms with van der Waals surface area (Å²) in [5, 5.41) is 0. The third-order valence-electron chi connectivity index (χ3n) is 4.87. The molecule has 1 aromatic carbocycles. The molecule has 1 aliphatic heterocycles. The molecule has 4 heteroatoms. The third kappa shape index (κ3) is 2.74. The van der Waals surface area contributed by atoms with Gasteiger partial charge in [-0.05, 0) is 31.7 Å². The van der Waals surface area contributed by atoms with Crippen molar-refractivity contribution in [1.29, 1.82) is 0 Å². The van der Waals surface area contributed by atoms with E-state index in [4.69, 9.17) is 19.9 Å². The molecule has 0 aromatic heterocycles. The van der Waals surface area contributed by atoms with Crippen LogP contribution in [-0.2, 0) is 10.2 Å². The fourth-order valence-electron chi connectivity index (χ4n) is 3.37. The van der Waals surface area contributed by atoms with E-state index in [1.807, 2.05) is 12.1 Å². The molecule has 3 rings (SSSR count). The Morgan fingerprint density at radius 1 is 1.33 bits per heavy atom. The zero-order chi connectivity index (χ0) is 14.7. The average Bonchev–Trinajstić information content (AvgIpc) is 2.49. The number of para-hydroxylation sites is 1. The van der Waals surface area contributed by atoms with Crippen molar-refractivity contribution in [3.8, 4) is 11.5 Å². The summed E-state index contributed by atoms with van der Waals surface area (Å²) in [6.45, 7) is 2.16. The zero-order valence-corrected chi connectivity index (χ0v) is 12.8. The van der Waals surface area contributed by atoms with Crippen LogP contribution < -0.4 is 15.2 Å². The summed E-state index contributed by atoms with van der Waals surface area (Å²) >= 11 is 0. The van der Waals surface area contributed by atoms with Crippen LogP contribution in [0.2, 0.25) is 0 Å². The Kier molecular flexibility index (Phi) is 4.36. The monoisotopic (exact) mass is 291 g/mol. The zero-order valence-electron chi connectivity index (χ0n) is 12.8. The Hall–Kier alpha value is -1.26. The number of hydrogen-bond acceptors (Lipinski definition) is 4. The molecule has 0 spiro atoms. The van der Waals surface area contributed by atoms with Crippen LogP contribution in [0.25, 0.3) is 0 Å². The van der Waals surface area contributed by atoms with E-state index in [9.17, 15) is 0 Å². The van der Waals surface area contributed by atoms with Crippen molar-refractivity contribution in [3.63, 3.8) is 0 Å². The number of methoxy groups -OCH3 is 1. The van der Waals surface area contributed by atoms with E-state index in [1.54, 1.807) is 7.11 Å². The Morgan fingerprint density at radius 2 is 2.19 bits per heavy atom. The highest BCUT2D eigenvalue weighted by Gasteiger charge is 2.40. The van der Waals surface area contributed by atoms with Crippen molar-refractivity contribution < 1.29 is 14.2 Å². The second-order valence-corrected chi connectivity index (χ2v) is 6.13. The quantitative estimate of drug-likeness (QED) is 0.906. The minimum Gasteiger partial charge on any atom is -0.493 e.